The van der Waals surface area contributed by atoms with E-state index in [4.69, 9.17) is 0 Å². The highest BCUT2D eigenvalue weighted by Gasteiger charge is 2.33. The Kier molecular flexibility index (Phi) is 4.68. The van der Waals surface area contributed by atoms with Gasteiger partial charge in [-0.3, -0.25) is 4.79 Å². The molecule has 0 atom stereocenters. The molecule has 1 aliphatic carbocycles. The number of ketones is 1. The van der Waals surface area contributed by atoms with Gasteiger partial charge in [-0.25, -0.2) is 0 Å². The normalized spacial score (nSPS) is 16.9. The Bertz CT molecular complexity index is 462. The van der Waals surface area contributed by atoms with Crippen LogP contribution >= 0.6 is 0 Å². The highest BCUT2D eigenvalue weighted by Crippen LogP contribution is 2.31. The molecule has 1 fully saturated rings. The molecule has 2 nitrogen and oxygen atoms in total. The summed E-state index contributed by atoms with van der Waals surface area (Å²) >= 11 is 0. The second-order valence-corrected chi connectivity index (χ2v) is 5.18. The molecule has 20 heavy (non-hydrogen) atoms. The summed E-state index contributed by atoms with van der Waals surface area (Å²) in [5, 5.41) is 0. The van der Waals surface area contributed by atoms with Crippen LogP contribution in [0.2, 0.25) is 0 Å². The van der Waals surface area contributed by atoms with Gasteiger partial charge in [0.2, 0.25) is 0 Å². The summed E-state index contributed by atoms with van der Waals surface area (Å²) in [6.07, 6.45) is 0.858. The third-order valence-corrected chi connectivity index (χ3v) is 3.61. The fourth-order valence-electron chi connectivity index (χ4n) is 2.67. The third kappa shape index (κ3) is 4.25. The standard InChI is InChI=1S/C15H17F3O2/c16-15(17,18)20-14-9-5-4-8-12(14)13(19)10-11-6-2-1-3-7-11/h4-5,8-9,11H,1-3,6-7,10H2. The van der Waals surface area contributed by atoms with E-state index >= 15 is 0 Å². The Labute approximate surface area is 115 Å². The topological polar surface area (TPSA) is 26.3 Å². The summed E-state index contributed by atoms with van der Waals surface area (Å²) in [4.78, 5) is 12.2. The minimum Gasteiger partial charge on any atom is -0.405 e. The zero-order valence-electron chi connectivity index (χ0n) is 11.1. The molecule has 0 radical (unpaired) electrons. The van der Waals surface area contributed by atoms with Crippen molar-refractivity contribution in [3.8, 4) is 5.75 Å². The van der Waals surface area contributed by atoms with Crippen molar-refractivity contribution in [2.75, 3.05) is 0 Å². The molecule has 0 N–H and O–H groups in total. The maximum Gasteiger partial charge on any atom is 0.573 e. The lowest BCUT2D eigenvalue weighted by molar-refractivity contribution is -0.274. The number of Topliss-reactive ketones (excluding diaryl/α,β-unsaturated/α-hetero) is 1. The molecule has 0 bridgehead atoms. The van der Waals surface area contributed by atoms with Crippen molar-refractivity contribution in [1.82, 2.24) is 0 Å². The van der Waals surface area contributed by atoms with Crippen molar-refractivity contribution in [2.45, 2.75) is 44.9 Å². The molecule has 0 heterocycles. The predicted molar refractivity (Wildman–Crippen MR) is 68.6 cm³/mol. The van der Waals surface area contributed by atoms with Gasteiger partial charge >= 0.3 is 6.36 Å². The van der Waals surface area contributed by atoms with E-state index in [1.54, 1.807) is 6.07 Å². The van der Waals surface area contributed by atoms with Crippen molar-refractivity contribution < 1.29 is 22.7 Å². The van der Waals surface area contributed by atoms with Crippen LogP contribution in [0.15, 0.2) is 24.3 Å². The zero-order valence-corrected chi connectivity index (χ0v) is 11.1. The first-order chi connectivity index (χ1) is 9.46. The molecule has 110 valence electrons. The second-order valence-electron chi connectivity index (χ2n) is 5.18. The molecule has 0 aliphatic heterocycles. The number of para-hydroxylation sites is 1. The molecule has 0 spiro atoms. The summed E-state index contributed by atoms with van der Waals surface area (Å²) < 4.78 is 40.9. The fourth-order valence-corrected chi connectivity index (χ4v) is 2.67. The molecule has 1 saturated carbocycles. The number of carbonyl (C=O) groups excluding carboxylic acids is 1. The molecule has 1 aromatic rings. The molecule has 0 aromatic heterocycles. The monoisotopic (exact) mass is 286 g/mol. The highest BCUT2D eigenvalue weighted by molar-refractivity contribution is 5.98. The first kappa shape index (κ1) is 14.9. The van der Waals surface area contributed by atoms with Crippen molar-refractivity contribution in [2.24, 2.45) is 5.92 Å². The van der Waals surface area contributed by atoms with Crippen LogP contribution in [0.4, 0.5) is 13.2 Å². The van der Waals surface area contributed by atoms with Gasteiger partial charge in [0.15, 0.2) is 5.78 Å². The Morgan fingerprint density at radius 1 is 1.15 bits per heavy atom. The number of carbonyl (C=O) groups is 1. The Hall–Kier alpha value is -1.52. The van der Waals surface area contributed by atoms with Crippen LogP contribution in [0.25, 0.3) is 0 Å². The quantitative estimate of drug-likeness (QED) is 0.747. The number of rotatable bonds is 4. The highest BCUT2D eigenvalue weighted by atomic mass is 19.4. The average Bonchev–Trinajstić information content (AvgIpc) is 2.38. The Morgan fingerprint density at radius 2 is 1.80 bits per heavy atom. The van der Waals surface area contributed by atoms with Gasteiger partial charge in [0.05, 0.1) is 5.56 Å². The summed E-state index contributed by atoms with van der Waals surface area (Å²) in [7, 11) is 0. The van der Waals surface area contributed by atoms with Crippen LogP contribution in [0, 0.1) is 5.92 Å². The smallest absolute Gasteiger partial charge is 0.405 e. The first-order valence-corrected chi connectivity index (χ1v) is 6.83. The van der Waals surface area contributed by atoms with Gasteiger partial charge in [-0.2, -0.15) is 0 Å². The van der Waals surface area contributed by atoms with E-state index in [0.717, 1.165) is 25.7 Å². The summed E-state index contributed by atoms with van der Waals surface area (Å²) in [5.41, 5.74) is 0.0235. The van der Waals surface area contributed by atoms with Gasteiger partial charge in [-0.05, 0) is 18.1 Å². The summed E-state index contributed by atoms with van der Waals surface area (Å²) in [5.74, 6) is -0.382. The summed E-state index contributed by atoms with van der Waals surface area (Å²) in [6, 6.07) is 5.56. The maximum atomic E-state index is 12.3. The number of hydrogen-bond acceptors (Lipinski definition) is 2. The maximum absolute atomic E-state index is 12.3. The van der Waals surface area contributed by atoms with E-state index in [0.29, 0.717) is 6.42 Å². The van der Waals surface area contributed by atoms with Gasteiger partial charge in [0.25, 0.3) is 0 Å². The number of benzene rings is 1. The van der Waals surface area contributed by atoms with Gasteiger partial charge in [0, 0.05) is 6.42 Å². The lowest BCUT2D eigenvalue weighted by Crippen LogP contribution is -2.20. The van der Waals surface area contributed by atoms with E-state index in [9.17, 15) is 18.0 Å². The third-order valence-electron chi connectivity index (χ3n) is 3.61. The van der Waals surface area contributed by atoms with Gasteiger partial charge in [-0.15, -0.1) is 13.2 Å². The lowest BCUT2D eigenvalue weighted by atomic mass is 9.84. The van der Waals surface area contributed by atoms with Crippen LogP contribution in [0.3, 0.4) is 0 Å². The average molecular weight is 286 g/mol. The largest absolute Gasteiger partial charge is 0.573 e. The molecule has 5 heteroatoms. The number of halogens is 3. The SMILES string of the molecule is O=C(CC1CCCCC1)c1ccccc1OC(F)(F)F. The van der Waals surface area contributed by atoms with Crippen molar-refractivity contribution in [3.05, 3.63) is 29.8 Å². The van der Waals surface area contributed by atoms with Crippen LogP contribution in [0.1, 0.15) is 48.9 Å². The Morgan fingerprint density at radius 3 is 2.45 bits per heavy atom. The van der Waals surface area contributed by atoms with Crippen LogP contribution < -0.4 is 4.74 Å². The predicted octanol–water partition coefficient (Wildman–Crippen LogP) is 4.74. The van der Waals surface area contributed by atoms with Crippen LogP contribution in [0.5, 0.6) is 5.75 Å². The molecule has 0 unspecified atom stereocenters. The molecular weight excluding hydrogens is 269 g/mol. The minimum atomic E-state index is -4.78. The van der Waals surface area contributed by atoms with Gasteiger partial charge < -0.3 is 4.74 Å². The molecule has 1 aliphatic rings. The lowest BCUT2D eigenvalue weighted by Gasteiger charge is -2.21. The molecule has 0 saturated heterocycles. The van der Waals surface area contributed by atoms with Gasteiger partial charge in [0.1, 0.15) is 5.75 Å². The number of hydrogen-bond donors (Lipinski definition) is 0. The molecule has 0 amide bonds. The van der Waals surface area contributed by atoms with E-state index < -0.39 is 12.1 Å². The second kappa shape index (κ2) is 6.29. The van der Waals surface area contributed by atoms with Crippen LogP contribution in [-0.4, -0.2) is 12.1 Å². The molecule has 1 aromatic carbocycles. The number of alkyl halides is 3. The van der Waals surface area contributed by atoms with E-state index in [2.05, 4.69) is 4.74 Å². The van der Waals surface area contributed by atoms with Crippen LogP contribution in [-0.2, 0) is 0 Å². The van der Waals surface area contributed by atoms with Gasteiger partial charge in [-0.1, -0.05) is 44.2 Å². The van der Waals surface area contributed by atoms with E-state index in [1.807, 2.05) is 0 Å². The van der Waals surface area contributed by atoms with E-state index in [1.165, 1.54) is 24.6 Å². The number of ether oxygens (including phenoxy) is 1. The Balaban J connectivity index is 2.08. The van der Waals surface area contributed by atoms with Crippen molar-refractivity contribution in [1.29, 1.82) is 0 Å². The van der Waals surface area contributed by atoms with Crippen molar-refractivity contribution >= 4 is 5.78 Å². The summed E-state index contributed by atoms with van der Waals surface area (Å²) in [6.45, 7) is 0. The molecule has 2 rings (SSSR count). The fraction of sp³-hybridized carbons (Fsp3) is 0.533. The van der Waals surface area contributed by atoms with Crippen molar-refractivity contribution in [3.63, 3.8) is 0 Å². The minimum absolute atomic E-state index is 0.0235. The molecular formula is C15H17F3O2. The first-order valence-electron chi connectivity index (χ1n) is 6.83. The zero-order chi connectivity index (χ0) is 14.6. The van der Waals surface area contributed by atoms with E-state index in [-0.39, 0.29) is 17.3 Å².